The van der Waals surface area contributed by atoms with Crippen LogP contribution in [0.1, 0.15) is 58.4 Å². The monoisotopic (exact) mass is 404 g/mol. The highest BCUT2D eigenvalue weighted by molar-refractivity contribution is 7.07. The fraction of sp³-hybridized carbons (Fsp3) is 0.579. The number of aryl methyl sites for hydroxylation is 1. The third kappa shape index (κ3) is 3.81. The fourth-order valence-corrected chi connectivity index (χ4v) is 4.65. The lowest BCUT2D eigenvalue weighted by Gasteiger charge is -2.40. The first-order valence-corrected chi connectivity index (χ1v) is 10.6. The van der Waals surface area contributed by atoms with Crippen molar-refractivity contribution >= 4 is 23.2 Å². The number of ether oxygens (including phenoxy) is 2. The van der Waals surface area contributed by atoms with Gasteiger partial charge in [0.25, 0.3) is 5.91 Å². The Labute approximate surface area is 167 Å². The van der Waals surface area contributed by atoms with Gasteiger partial charge < -0.3 is 14.8 Å². The van der Waals surface area contributed by atoms with E-state index in [0.717, 1.165) is 37.1 Å². The van der Waals surface area contributed by atoms with Crippen molar-refractivity contribution in [2.24, 2.45) is 5.41 Å². The van der Waals surface area contributed by atoms with Crippen LogP contribution in [0.15, 0.2) is 10.9 Å². The summed E-state index contributed by atoms with van der Waals surface area (Å²) in [5.41, 5.74) is 4.33. The van der Waals surface area contributed by atoms with E-state index in [2.05, 4.69) is 20.5 Å². The molecule has 2 aromatic rings. The van der Waals surface area contributed by atoms with Gasteiger partial charge in [-0.2, -0.15) is 5.10 Å². The van der Waals surface area contributed by atoms with Crippen LogP contribution in [0.3, 0.4) is 0 Å². The summed E-state index contributed by atoms with van der Waals surface area (Å²) in [5, 5.41) is 12.2. The number of rotatable bonds is 5. The van der Waals surface area contributed by atoms with Crippen molar-refractivity contribution in [3.8, 4) is 0 Å². The zero-order valence-corrected chi connectivity index (χ0v) is 16.6. The molecule has 150 valence electrons. The first kappa shape index (κ1) is 19.1. The molecule has 8 nitrogen and oxygen atoms in total. The number of thiazole rings is 1. The van der Waals surface area contributed by atoms with Crippen LogP contribution < -0.4 is 5.32 Å². The predicted octanol–water partition coefficient (Wildman–Crippen LogP) is 2.13. The fourth-order valence-electron chi connectivity index (χ4n) is 4.13. The van der Waals surface area contributed by atoms with Crippen LogP contribution in [0.25, 0.3) is 0 Å². The normalized spacial score (nSPS) is 24.5. The number of carbonyl (C=O) groups excluding carboxylic acids is 2. The predicted molar refractivity (Wildman–Crippen MR) is 102 cm³/mol. The maximum absolute atomic E-state index is 12.5. The van der Waals surface area contributed by atoms with Crippen molar-refractivity contribution in [2.45, 2.75) is 45.1 Å². The summed E-state index contributed by atoms with van der Waals surface area (Å²) in [7, 11) is 0. The minimum absolute atomic E-state index is 0.0102. The number of aromatic amines is 1. The van der Waals surface area contributed by atoms with Crippen LogP contribution in [0, 0.1) is 5.41 Å². The Kier molecular flexibility index (Phi) is 5.45. The second-order valence-corrected chi connectivity index (χ2v) is 8.20. The van der Waals surface area contributed by atoms with Crippen LogP contribution in [0.2, 0.25) is 0 Å². The average Bonchev–Trinajstić information content (AvgIpc) is 3.34. The molecule has 1 amide bonds. The molecule has 28 heavy (non-hydrogen) atoms. The van der Waals surface area contributed by atoms with Gasteiger partial charge in [-0.1, -0.05) is 6.92 Å². The van der Waals surface area contributed by atoms with E-state index in [4.69, 9.17) is 9.47 Å². The Bertz CT molecular complexity index is 850. The second-order valence-electron chi connectivity index (χ2n) is 7.48. The van der Waals surface area contributed by atoms with Gasteiger partial charge >= 0.3 is 5.97 Å². The number of hydrogen-bond donors (Lipinski definition) is 2. The first-order chi connectivity index (χ1) is 13.6. The molecule has 0 bridgehead atoms. The quantitative estimate of drug-likeness (QED) is 0.740. The molecule has 0 aromatic carbocycles. The van der Waals surface area contributed by atoms with Crippen LogP contribution in [0.5, 0.6) is 0 Å². The number of hydrogen-bond acceptors (Lipinski definition) is 7. The highest BCUT2D eigenvalue weighted by atomic mass is 32.1. The highest BCUT2D eigenvalue weighted by Gasteiger charge is 2.41. The van der Waals surface area contributed by atoms with Crippen molar-refractivity contribution in [3.63, 3.8) is 0 Å². The number of esters is 1. The molecule has 0 aliphatic carbocycles. The van der Waals surface area contributed by atoms with Gasteiger partial charge in [0.15, 0.2) is 5.69 Å². The lowest BCUT2D eigenvalue weighted by atomic mass is 9.74. The van der Waals surface area contributed by atoms with Crippen LogP contribution in [-0.2, 0) is 22.3 Å². The van der Waals surface area contributed by atoms with E-state index in [1.807, 2.05) is 6.92 Å². The molecule has 0 radical (unpaired) electrons. The van der Waals surface area contributed by atoms with Crippen molar-refractivity contribution in [1.29, 1.82) is 0 Å². The lowest BCUT2D eigenvalue weighted by Crippen LogP contribution is -2.44. The number of amides is 1. The Balaban J connectivity index is 1.38. The second kappa shape index (κ2) is 8.00. The maximum atomic E-state index is 12.5. The lowest BCUT2D eigenvalue weighted by molar-refractivity contribution is -0.0575. The first-order valence-electron chi connectivity index (χ1n) is 9.61. The van der Waals surface area contributed by atoms with E-state index in [0.29, 0.717) is 37.4 Å². The zero-order chi connectivity index (χ0) is 19.6. The van der Waals surface area contributed by atoms with Gasteiger partial charge in [0.1, 0.15) is 0 Å². The molecule has 1 fully saturated rings. The van der Waals surface area contributed by atoms with Crippen molar-refractivity contribution in [2.75, 3.05) is 19.8 Å². The molecule has 1 spiro atoms. The molecule has 2 atom stereocenters. The maximum Gasteiger partial charge on any atom is 0.357 e. The minimum atomic E-state index is -0.400. The Morgan fingerprint density at radius 1 is 1.50 bits per heavy atom. The molecule has 9 heteroatoms. The van der Waals surface area contributed by atoms with Gasteiger partial charge in [0, 0.05) is 30.6 Å². The summed E-state index contributed by atoms with van der Waals surface area (Å²) in [4.78, 5) is 28.4. The van der Waals surface area contributed by atoms with E-state index in [1.54, 1.807) is 10.9 Å². The SMILES string of the molecule is CCc1n[nH]c2c1C(=O)NCC1(CCOC(CCOC(=O)c3cscn3)C1)C2. The third-order valence-corrected chi connectivity index (χ3v) is 6.20. The topological polar surface area (TPSA) is 106 Å². The van der Waals surface area contributed by atoms with Gasteiger partial charge in [-0.3, -0.25) is 9.89 Å². The minimum Gasteiger partial charge on any atom is -0.461 e. The van der Waals surface area contributed by atoms with E-state index < -0.39 is 5.97 Å². The number of fused-ring (bicyclic) bond motifs is 1. The van der Waals surface area contributed by atoms with E-state index in [1.165, 1.54) is 11.3 Å². The molecule has 4 heterocycles. The summed E-state index contributed by atoms with van der Waals surface area (Å²) in [6.07, 6.45) is 3.80. The number of H-pyrrole nitrogens is 1. The Hall–Kier alpha value is -2.26. The molecular formula is C19H24N4O4S. The molecule has 1 saturated heterocycles. The number of nitrogens with zero attached hydrogens (tertiary/aromatic N) is 2. The highest BCUT2D eigenvalue weighted by Crippen LogP contribution is 2.39. The third-order valence-electron chi connectivity index (χ3n) is 5.61. The number of carbonyl (C=O) groups is 2. The van der Waals surface area contributed by atoms with E-state index >= 15 is 0 Å². The summed E-state index contributed by atoms with van der Waals surface area (Å²) >= 11 is 1.36. The molecule has 0 saturated carbocycles. The van der Waals surface area contributed by atoms with Crippen molar-refractivity contribution < 1.29 is 19.1 Å². The summed E-state index contributed by atoms with van der Waals surface area (Å²) in [5.74, 6) is -0.444. The molecule has 4 rings (SSSR count). The number of nitrogens with one attached hydrogen (secondary N) is 2. The molecule has 2 unspecified atom stereocenters. The van der Waals surface area contributed by atoms with E-state index in [9.17, 15) is 9.59 Å². The molecule has 2 aromatic heterocycles. The Morgan fingerprint density at radius 3 is 3.18 bits per heavy atom. The van der Waals surface area contributed by atoms with Gasteiger partial charge in [0.05, 0.1) is 29.5 Å². The summed E-state index contributed by atoms with van der Waals surface area (Å²) < 4.78 is 11.2. The van der Waals surface area contributed by atoms with Crippen molar-refractivity contribution in [3.05, 3.63) is 33.5 Å². The van der Waals surface area contributed by atoms with Crippen molar-refractivity contribution in [1.82, 2.24) is 20.5 Å². The molecule has 2 aliphatic heterocycles. The Morgan fingerprint density at radius 2 is 2.39 bits per heavy atom. The van der Waals surface area contributed by atoms with Crippen LogP contribution in [-0.4, -0.2) is 52.9 Å². The van der Waals surface area contributed by atoms with Crippen LogP contribution in [0.4, 0.5) is 0 Å². The number of aromatic nitrogens is 3. The smallest absolute Gasteiger partial charge is 0.357 e. The largest absolute Gasteiger partial charge is 0.461 e. The van der Waals surface area contributed by atoms with Gasteiger partial charge in [-0.15, -0.1) is 11.3 Å². The zero-order valence-electron chi connectivity index (χ0n) is 15.8. The summed E-state index contributed by atoms with van der Waals surface area (Å²) in [6.45, 7) is 3.54. The van der Waals surface area contributed by atoms with Crippen LogP contribution >= 0.6 is 11.3 Å². The molecular weight excluding hydrogens is 380 g/mol. The molecule has 2 N–H and O–H groups in total. The van der Waals surface area contributed by atoms with Gasteiger partial charge in [0.2, 0.25) is 0 Å². The van der Waals surface area contributed by atoms with E-state index in [-0.39, 0.29) is 17.4 Å². The van der Waals surface area contributed by atoms with Gasteiger partial charge in [-0.05, 0) is 31.1 Å². The standard InChI is InChI=1S/C19H24N4O4S/c1-2-13-16-14(23-22-13)8-19(10-20-17(16)24)4-6-26-12(7-19)3-5-27-18(25)15-9-28-11-21-15/h9,11-12H,2-8,10H2,1H3,(H,20,24)(H,22,23). The molecule has 2 aliphatic rings. The average molecular weight is 404 g/mol. The van der Waals surface area contributed by atoms with Gasteiger partial charge in [-0.25, -0.2) is 9.78 Å². The summed E-state index contributed by atoms with van der Waals surface area (Å²) in [6, 6.07) is 0.